The largest absolute Gasteiger partial charge is 0.490 e. The highest BCUT2D eigenvalue weighted by Crippen LogP contribution is 2.35. The smallest absolute Gasteiger partial charge is 0.486 e. The molecule has 4 nitrogen and oxygen atoms in total. The van der Waals surface area contributed by atoms with E-state index in [1.54, 1.807) is 0 Å². The number of carboxylic acids is 1. The third kappa shape index (κ3) is 6.14. The average molecular weight is 366 g/mol. The molecule has 0 aromatic heterocycles. The Kier molecular flexibility index (Phi) is 6.11. The van der Waals surface area contributed by atoms with Crippen molar-refractivity contribution in [2.45, 2.75) is 18.5 Å². The summed E-state index contributed by atoms with van der Waals surface area (Å²) in [6.07, 6.45) is -9.46. The first-order valence-corrected chi connectivity index (χ1v) is 6.33. The van der Waals surface area contributed by atoms with Crippen molar-refractivity contribution in [3.05, 3.63) is 28.8 Å². The second kappa shape index (κ2) is 7.26. The fourth-order valence-electron chi connectivity index (χ4n) is 1.30. The van der Waals surface area contributed by atoms with Gasteiger partial charge in [-0.2, -0.15) is 26.3 Å². The number of halogens is 7. The first-order chi connectivity index (χ1) is 10.4. The fourth-order valence-corrected chi connectivity index (χ4v) is 1.52. The van der Waals surface area contributed by atoms with E-state index in [0.29, 0.717) is 18.8 Å². The van der Waals surface area contributed by atoms with Gasteiger partial charge in [0, 0.05) is 13.1 Å². The van der Waals surface area contributed by atoms with E-state index >= 15 is 0 Å². The van der Waals surface area contributed by atoms with Gasteiger partial charge in [0.2, 0.25) is 0 Å². The molecule has 2 N–H and O–H groups in total. The van der Waals surface area contributed by atoms with Gasteiger partial charge in [-0.3, -0.25) is 0 Å². The summed E-state index contributed by atoms with van der Waals surface area (Å²) in [5.74, 6) is -2.46. The van der Waals surface area contributed by atoms with Gasteiger partial charge in [0.1, 0.15) is 11.9 Å². The lowest BCUT2D eigenvalue weighted by Crippen LogP contribution is -2.50. The standard InChI is InChI=1S/C10H9ClF3NO.C2HF3O2/c11-8-3-6(10(12,13)14)1-2-9(8)16-7-4-15-5-7;3-2(4,5)1(6)7/h1-3,7,15H,4-5H2;(H,6,7). The number of rotatable bonds is 2. The summed E-state index contributed by atoms with van der Waals surface area (Å²) in [6, 6.07) is 3.10. The molecule has 0 spiro atoms. The van der Waals surface area contributed by atoms with Crippen LogP contribution in [0.1, 0.15) is 5.56 Å². The van der Waals surface area contributed by atoms with Crippen molar-refractivity contribution >= 4 is 17.6 Å². The van der Waals surface area contributed by atoms with E-state index in [9.17, 15) is 26.3 Å². The maximum Gasteiger partial charge on any atom is 0.490 e. The van der Waals surface area contributed by atoms with E-state index in [-0.39, 0.29) is 11.1 Å². The van der Waals surface area contributed by atoms with E-state index in [2.05, 4.69) is 5.32 Å². The molecule has 1 aromatic carbocycles. The first-order valence-electron chi connectivity index (χ1n) is 5.95. The molecule has 1 aliphatic rings. The lowest BCUT2D eigenvalue weighted by atomic mass is 10.2. The molecule has 130 valence electrons. The predicted molar refractivity (Wildman–Crippen MR) is 67.4 cm³/mol. The zero-order valence-electron chi connectivity index (χ0n) is 11.1. The lowest BCUT2D eigenvalue weighted by Gasteiger charge is -2.28. The van der Waals surface area contributed by atoms with Gasteiger partial charge in [-0.05, 0) is 18.2 Å². The molecule has 0 unspecified atom stereocenters. The molecule has 0 radical (unpaired) electrons. The van der Waals surface area contributed by atoms with Gasteiger partial charge >= 0.3 is 18.3 Å². The van der Waals surface area contributed by atoms with Gasteiger partial charge in [-0.1, -0.05) is 11.6 Å². The third-order valence-electron chi connectivity index (χ3n) is 2.54. The molecule has 0 saturated carbocycles. The summed E-state index contributed by atoms with van der Waals surface area (Å²) in [7, 11) is 0. The lowest BCUT2D eigenvalue weighted by molar-refractivity contribution is -0.192. The van der Waals surface area contributed by atoms with Gasteiger partial charge in [0.05, 0.1) is 10.6 Å². The van der Waals surface area contributed by atoms with Crippen molar-refractivity contribution in [1.29, 1.82) is 0 Å². The highest BCUT2D eigenvalue weighted by atomic mass is 35.5. The number of aliphatic carboxylic acids is 1. The van der Waals surface area contributed by atoms with Crippen LogP contribution in [0.2, 0.25) is 5.02 Å². The van der Waals surface area contributed by atoms with Gasteiger partial charge < -0.3 is 15.2 Å². The molecule has 1 heterocycles. The SMILES string of the molecule is FC(F)(F)c1ccc(OC2CNC2)c(Cl)c1.O=C(O)C(F)(F)F. The Hall–Kier alpha value is -1.68. The number of ether oxygens (including phenoxy) is 1. The Morgan fingerprint density at radius 1 is 1.22 bits per heavy atom. The van der Waals surface area contributed by atoms with Crippen LogP contribution in [0.5, 0.6) is 5.75 Å². The summed E-state index contributed by atoms with van der Waals surface area (Å²) in [4.78, 5) is 8.90. The molecule has 1 fully saturated rings. The van der Waals surface area contributed by atoms with E-state index in [1.165, 1.54) is 6.07 Å². The normalized spacial score (nSPS) is 15.3. The number of benzene rings is 1. The molecule has 0 atom stereocenters. The number of alkyl halides is 6. The van der Waals surface area contributed by atoms with Gasteiger partial charge in [0.15, 0.2) is 0 Å². The summed E-state index contributed by atoms with van der Waals surface area (Å²) in [5.41, 5.74) is -0.767. The third-order valence-corrected chi connectivity index (χ3v) is 2.83. The Balaban J connectivity index is 0.000000322. The molecular formula is C12H10ClF6NO3. The van der Waals surface area contributed by atoms with E-state index in [4.69, 9.17) is 26.2 Å². The first kappa shape index (κ1) is 19.4. The summed E-state index contributed by atoms with van der Waals surface area (Å²) in [6.45, 7) is 1.38. The highest BCUT2D eigenvalue weighted by Gasteiger charge is 2.38. The zero-order valence-corrected chi connectivity index (χ0v) is 11.9. The molecule has 1 aromatic rings. The Bertz CT molecular complexity index is 557. The van der Waals surface area contributed by atoms with Crippen LogP contribution >= 0.6 is 11.6 Å². The monoisotopic (exact) mass is 365 g/mol. The molecule has 23 heavy (non-hydrogen) atoms. The summed E-state index contributed by atoms with van der Waals surface area (Å²) >= 11 is 5.72. The molecular weight excluding hydrogens is 356 g/mol. The van der Waals surface area contributed by atoms with Crippen LogP contribution < -0.4 is 10.1 Å². The van der Waals surface area contributed by atoms with Crippen molar-refractivity contribution in [2.75, 3.05) is 13.1 Å². The minimum absolute atomic E-state index is 0.00534. The predicted octanol–water partition coefficient (Wildman–Crippen LogP) is 3.34. The van der Waals surface area contributed by atoms with Crippen LogP contribution in [0.25, 0.3) is 0 Å². The van der Waals surface area contributed by atoms with E-state index in [0.717, 1.165) is 12.1 Å². The molecule has 11 heteroatoms. The number of carboxylic acid groups (broad SMARTS) is 1. The fraction of sp³-hybridized carbons (Fsp3) is 0.417. The Labute approximate surface area is 131 Å². The van der Waals surface area contributed by atoms with E-state index < -0.39 is 23.9 Å². The van der Waals surface area contributed by atoms with Gasteiger partial charge in [-0.15, -0.1) is 0 Å². The molecule has 1 saturated heterocycles. The second-order valence-electron chi connectivity index (χ2n) is 4.34. The molecule has 0 aliphatic carbocycles. The number of hydrogen-bond donors (Lipinski definition) is 2. The Morgan fingerprint density at radius 3 is 2.04 bits per heavy atom. The topological polar surface area (TPSA) is 58.6 Å². The van der Waals surface area contributed by atoms with Crippen molar-refractivity contribution in [3.63, 3.8) is 0 Å². The highest BCUT2D eigenvalue weighted by molar-refractivity contribution is 6.32. The second-order valence-corrected chi connectivity index (χ2v) is 4.75. The molecule has 0 amide bonds. The van der Waals surface area contributed by atoms with Crippen molar-refractivity contribution in [1.82, 2.24) is 5.32 Å². The van der Waals surface area contributed by atoms with Gasteiger partial charge in [-0.25, -0.2) is 4.79 Å². The molecule has 2 rings (SSSR count). The van der Waals surface area contributed by atoms with Crippen LogP contribution in [0, 0.1) is 0 Å². The zero-order chi connectivity index (χ0) is 17.8. The average Bonchev–Trinajstić information content (AvgIpc) is 2.33. The molecule has 0 bridgehead atoms. The van der Waals surface area contributed by atoms with E-state index in [1.807, 2.05) is 0 Å². The number of carbonyl (C=O) groups is 1. The number of hydrogen-bond acceptors (Lipinski definition) is 3. The minimum Gasteiger partial charge on any atom is -0.486 e. The van der Waals surface area contributed by atoms with Crippen LogP contribution in [0.4, 0.5) is 26.3 Å². The van der Waals surface area contributed by atoms with Crippen LogP contribution in [0.15, 0.2) is 18.2 Å². The molecule has 1 aliphatic heterocycles. The number of nitrogens with one attached hydrogen (secondary N) is 1. The Morgan fingerprint density at radius 2 is 1.74 bits per heavy atom. The van der Waals surface area contributed by atoms with Crippen molar-refractivity contribution in [3.8, 4) is 5.75 Å². The van der Waals surface area contributed by atoms with Crippen LogP contribution in [-0.4, -0.2) is 36.4 Å². The van der Waals surface area contributed by atoms with Crippen LogP contribution in [0.3, 0.4) is 0 Å². The van der Waals surface area contributed by atoms with Crippen molar-refractivity contribution < 1.29 is 41.0 Å². The van der Waals surface area contributed by atoms with Crippen LogP contribution in [-0.2, 0) is 11.0 Å². The maximum absolute atomic E-state index is 12.3. The minimum atomic E-state index is -5.08. The maximum atomic E-state index is 12.3. The summed E-state index contributed by atoms with van der Waals surface area (Å²) in [5, 5.41) is 10.1. The van der Waals surface area contributed by atoms with Crippen molar-refractivity contribution in [2.24, 2.45) is 0 Å². The van der Waals surface area contributed by atoms with Gasteiger partial charge in [0.25, 0.3) is 0 Å². The summed E-state index contributed by atoms with van der Waals surface area (Å²) < 4.78 is 74.1. The quantitative estimate of drug-likeness (QED) is 0.789.